The van der Waals surface area contributed by atoms with Crippen molar-refractivity contribution in [1.82, 2.24) is 24.3 Å². The Bertz CT molecular complexity index is 743. The number of aromatic nitrogens is 5. The molecule has 0 bridgehead atoms. The second-order valence-corrected chi connectivity index (χ2v) is 5.13. The van der Waals surface area contributed by atoms with Crippen LogP contribution in [0.3, 0.4) is 0 Å². The van der Waals surface area contributed by atoms with Crippen LogP contribution in [0.15, 0.2) is 24.5 Å². The summed E-state index contributed by atoms with van der Waals surface area (Å²) >= 11 is 6.03. The first-order chi connectivity index (χ1) is 9.70. The highest BCUT2D eigenvalue weighted by Crippen LogP contribution is 2.21. The number of nitrogens with zero attached hydrogens (tertiary/aromatic N) is 5. The van der Waals surface area contributed by atoms with E-state index in [9.17, 15) is 0 Å². The van der Waals surface area contributed by atoms with E-state index in [1.807, 2.05) is 11.6 Å². The van der Waals surface area contributed by atoms with Gasteiger partial charge in [-0.15, -0.1) is 21.8 Å². The number of hydrogen-bond acceptors (Lipinski definition) is 3. The SMILES string of the molecule is Cc1cccc2c1nc(CCl)n2CCc1nncn1C. The van der Waals surface area contributed by atoms with Crippen molar-refractivity contribution >= 4 is 22.6 Å². The van der Waals surface area contributed by atoms with Crippen LogP contribution < -0.4 is 0 Å². The Hall–Kier alpha value is -1.88. The summed E-state index contributed by atoms with van der Waals surface area (Å²) in [6.45, 7) is 2.87. The molecule has 2 heterocycles. The maximum absolute atomic E-state index is 6.03. The summed E-state index contributed by atoms with van der Waals surface area (Å²) in [4.78, 5) is 4.64. The highest BCUT2D eigenvalue weighted by Gasteiger charge is 2.12. The van der Waals surface area contributed by atoms with Gasteiger partial charge in [0.05, 0.1) is 16.9 Å². The number of rotatable bonds is 4. The van der Waals surface area contributed by atoms with E-state index in [4.69, 9.17) is 11.6 Å². The number of halogens is 1. The van der Waals surface area contributed by atoms with Crippen LogP contribution in [0.25, 0.3) is 11.0 Å². The molecule has 0 radical (unpaired) electrons. The van der Waals surface area contributed by atoms with Gasteiger partial charge in [-0.05, 0) is 18.6 Å². The van der Waals surface area contributed by atoms with Crippen molar-refractivity contribution in [3.63, 3.8) is 0 Å². The molecule has 5 nitrogen and oxygen atoms in total. The first kappa shape index (κ1) is 13.1. The third-order valence-electron chi connectivity index (χ3n) is 3.54. The van der Waals surface area contributed by atoms with Crippen molar-refractivity contribution in [2.75, 3.05) is 0 Å². The topological polar surface area (TPSA) is 48.5 Å². The summed E-state index contributed by atoms with van der Waals surface area (Å²) in [5.74, 6) is 2.27. The molecular formula is C14H16ClN5. The number of imidazole rings is 1. The van der Waals surface area contributed by atoms with Crippen LogP contribution in [0.1, 0.15) is 17.2 Å². The molecule has 0 N–H and O–H groups in total. The second-order valence-electron chi connectivity index (χ2n) is 4.86. The number of alkyl halides is 1. The van der Waals surface area contributed by atoms with Crippen LogP contribution in [0.5, 0.6) is 0 Å². The summed E-state index contributed by atoms with van der Waals surface area (Å²) in [5, 5.41) is 8.02. The first-order valence-corrected chi connectivity index (χ1v) is 7.07. The van der Waals surface area contributed by atoms with E-state index in [0.29, 0.717) is 5.88 Å². The van der Waals surface area contributed by atoms with E-state index in [1.165, 1.54) is 5.56 Å². The summed E-state index contributed by atoms with van der Waals surface area (Å²) < 4.78 is 4.11. The Morgan fingerprint density at radius 3 is 2.80 bits per heavy atom. The molecule has 6 heteroatoms. The minimum Gasteiger partial charge on any atom is -0.327 e. The number of fused-ring (bicyclic) bond motifs is 1. The van der Waals surface area contributed by atoms with Crippen molar-refractivity contribution in [3.8, 4) is 0 Å². The number of benzene rings is 1. The van der Waals surface area contributed by atoms with E-state index in [-0.39, 0.29) is 0 Å². The lowest BCUT2D eigenvalue weighted by Crippen LogP contribution is -2.08. The second kappa shape index (κ2) is 5.25. The molecule has 20 heavy (non-hydrogen) atoms. The lowest BCUT2D eigenvalue weighted by atomic mass is 10.2. The van der Waals surface area contributed by atoms with Crippen molar-refractivity contribution in [2.45, 2.75) is 25.8 Å². The number of hydrogen-bond donors (Lipinski definition) is 0. The van der Waals surface area contributed by atoms with Crippen LogP contribution >= 0.6 is 11.6 Å². The van der Waals surface area contributed by atoms with Gasteiger partial charge in [-0.3, -0.25) is 0 Å². The lowest BCUT2D eigenvalue weighted by molar-refractivity contribution is 0.645. The van der Waals surface area contributed by atoms with Crippen molar-refractivity contribution in [1.29, 1.82) is 0 Å². The van der Waals surface area contributed by atoms with E-state index in [1.54, 1.807) is 6.33 Å². The molecule has 0 fully saturated rings. The fraction of sp³-hybridized carbons (Fsp3) is 0.357. The predicted molar refractivity (Wildman–Crippen MR) is 78.7 cm³/mol. The van der Waals surface area contributed by atoms with Gasteiger partial charge < -0.3 is 9.13 Å². The van der Waals surface area contributed by atoms with Crippen LogP contribution in [0, 0.1) is 6.92 Å². The third-order valence-corrected chi connectivity index (χ3v) is 3.78. The Balaban J connectivity index is 1.98. The molecule has 0 saturated heterocycles. The molecule has 0 unspecified atom stereocenters. The monoisotopic (exact) mass is 289 g/mol. The molecule has 2 aromatic heterocycles. The largest absolute Gasteiger partial charge is 0.327 e. The van der Waals surface area contributed by atoms with Gasteiger partial charge in [0.1, 0.15) is 18.0 Å². The normalized spacial score (nSPS) is 11.3. The molecule has 3 rings (SSSR count). The van der Waals surface area contributed by atoms with Gasteiger partial charge in [0.25, 0.3) is 0 Å². The highest BCUT2D eigenvalue weighted by molar-refractivity contribution is 6.16. The molecule has 0 amide bonds. The minimum absolute atomic E-state index is 0.410. The summed E-state index contributed by atoms with van der Waals surface area (Å²) in [7, 11) is 1.95. The Morgan fingerprint density at radius 1 is 1.25 bits per heavy atom. The third kappa shape index (κ3) is 2.18. The predicted octanol–water partition coefficient (Wildman–Crippen LogP) is 2.45. The highest BCUT2D eigenvalue weighted by atomic mass is 35.5. The number of para-hydroxylation sites is 1. The van der Waals surface area contributed by atoms with Crippen molar-refractivity contribution < 1.29 is 0 Å². The maximum Gasteiger partial charge on any atom is 0.134 e. The van der Waals surface area contributed by atoms with Crippen LogP contribution in [0.2, 0.25) is 0 Å². The molecule has 104 valence electrons. The van der Waals surface area contributed by atoms with Gasteiger partial charge in [-0.1, -0.05) is 12.1 Å². The fourth-order valence-corrected chi connectivity index (χ4v) is 2.64. The summed E-state index contributed by atoms with van der Waals surface area (Å²) in [6, 6.07) is 6.21. The van der Waals surface area contributed by atoms with Crippen LogP contribution in [-0.2, 0) is 25.9 Å². The van der Waals surface area contributed by atoms with Crippen molar-refractivity contribution in [3.05, 3.63) is 41.7 Å². The lowest BCUT2D eigenvalue weighted by Gasteiger charge is -2.07. The van der Waals surface area contributed by atoms with Crippen LogP contribution in [0.4, 0.5) is 0 Å². The Morgan fingerprint density at radius 2 is 2.10 bits per heavy atom. The summed E-state index contributed by atoms with van der Waals surface area (Å²) in [5.41, 5.74) is 3.33. The van der Waals surface area contributed by atoms with Gasteiger partial charge in [-0.2, -0.15) is 0 Å². The number of aryl methyl sites for hydroxylation is 4. The zero-order chi connectivity index (χ0) is 14.1. The van der Waals surface area contributed by atoms with E-state index in [0.717, 1.165) is 35.6 Å². The average molecular weight is 290 g/mol. The zero-order valence-corrected chi connectivity index (χ0v) is 12.3. The quantitative estimate of drug-likeness (QED) is 0.693. The molecule has 0 atom stereocenters. The smallest absolute Gasteiger partial charge is 0.134 e. The molecule has 0 saturated carbocycles. The zero-order valence-electron chi connectivity index (χ0n) is 11.5. The first-order valence-electron chi connectivity index (χ1n) is 6.54. The van der Waals surface area contributed by atoms with E-state index < -0.39 is 0 Å². The van der Waals surface area contributed by atoms with Gasteiger partial charge in [0.15, 0.2) is 0 Å². The summed E-state index contributed by atoms with van der Waals surface area (Å²) in [6.07, 6.45) is 2.52. The van der Waals surface area contributed by atoms with Gasteiger partial charge in [-0.25, -0.2) is 4.98 Å². The molecule has 1 aromatic carbocycles. The Kier molecular flexibility index (Phi) is 3.44. The van der Waals surface area contributed by atoms with Crippen LogP contribution in [-0.4, -0.2) is 24.3 Å². The molecule has 0 aliphatic carbocycles. The van der Waals surface area contributed by atoms with E-state index >= 15 is 0 Å². The molecule has 0 aliphatic rings. The van der Waals surface area contributed by atoms with Gasteiger partial charge in [0.2, 0.25) is 0 Å². The van der Waals surface area contributed by atoms with E-state index in [2.05, 4.69) is 44.9 Å². The Labute approximate surface area is 122 Å². The molecule has 0 spiro atoms. The molecule has 3 aromatic rings. The average Bonchev–Trinajstić information content (AvgIpc) is 3.01. The fourth-order valence-electron chi connectivity index (χ4n) is 2.43. The molecular weight excluding hydrogens is 274 g/mol. The van der Waals surface area contributed by atoms with Gasteiger partial charge >= 0.3 is 0 Å². The molecule has 0 aliphatic heterocycles. The minimum atomic E-state index is 0.410. The standard InChI is InChI=1S/C14H16ClN5/c1-10-4-3-5-11-14(10)17-13(8-15)20(11)7-6-12-18-16-9-19(12)2/h3-5,9H,6-8H2,1-2H3. The maximum atomic E-state index is 6.03. The van der Waals surface area contributed by atoms with Gasteiger partial charge in [0, 0.05) is 20.0 Å². The van der Waals surface area contributed by atoms with Crippen molar-refractivity contribution in [2.24, 2.45) is 7.05 Å².